The van der Waals surface area contributed by atoms with E-state index in [-0.39, 0.29) is 17.9 Å². The quantitative estimate of drug-likeness (QED) is 0.525. The van der Waals surface area contributed by atoms with E-state index >= 15 is 0 Å². The Kier molecular flexibility index (Phi) is 4.75. The number of H-pyrrole nitrogens is 1. The highest BCUT2D eigenvalue weighted by Gasteiger charge is 2.30. The summed E-state index contributed by atoms with van der Waals surface area (Å²) in [4.78, 5) is 24.2. The van der Waals surface area contributed by atoms with Crippen LogP contribution in [-0.2, 0) is 4.79 Å². The first kappa shape index (κ1) is 18.1. The Morgan fingerprint density at radius 1 is 1.14 bits per heavy atom. The lowest BCUT2D eigenvalue weighted by molar-refractivity contribution is -0.116. The molecule has 4 N–H and O–H groups in total. The number of carbonyl (C=O) groups is 2. The van der Waals surface area contributed by atoms with Crippen LogP contribution in [0, 0.1) is 6.92 Å². The smallest absolute Gasteiger partial charge is 0.309 e. The highest BCUT2D eigenvalue weighted by molar-refractivity contribution is 6.30. The number of hydrogen-bond acceptors (Lipinski definition) is 3. The molecular formula is C20H18ClN5O2. The minimum Gasteiger partial charge on any atom is -0.309 e. The van der Waals surface area contributed by atoms with Crippen molar-refractivity contribution in [1.29, 1.82) is 0 Å². The third kappa shape index (κ3) is 3.70. The molecule has 142 valence electrons. The molecule has 4 rings (SSSR count). The summed E-state index contributed by atoms with van der Waals surface area (Å²) in [5, 5.41) is 15.9. The number of rotatable bonds is 3. The van der Waals surface area contributed by atoms with Crippen LogP contribution in [0.15, 0.2) is 48.5 Å². The Labute approximate surface area is 166 Å². The van der Waals surface area contributed by atoms with Gasteiger partial charge in [-0.05, 0) is 42.8 Å². The molecule has 8 heteroatoms. The summed E-state index contributed by atoms with van der Waals surface area (Å²) in [6.07, 6.45) is 0.357. The fourth-order valence-corrected chi connectivity index (χ4v) is 3.56. The molecule has 2 heterocycles. The van der Waals surface area contributed by atoms with Crippen LogP contribution < -0.4 is 16.0 Å². The number of urea groups is 1. The maximum Gasteiger partial charge on any atom is 0.323 e. The number of nitrogens with one attached hydrogen (secondary N) is 4. The fraction of sp³-hybridized carbons (Fsp3) is 0.150. The molecule has 0 radical (unpaired) electrons. The second-order valence-electron chi connectivity index (χ2n) is 6.63. The van der Waals surface area contributed by atoms with Crippen molar-refractivity contribution in [3.05, 3.63) is 70.4 Å². The Balaban J connectivity index is 1.48. The van der Waals surface area contributed by atoms with Gasteiger partial charge in [-0.1, -0.05) is 29.8 Å². The van der Waals surface area contributed by atoms with Gasteiger partial charge in [-0.2, -0.15) is 5.10 Å². The zero-order valence-electron chi connectivity index (χ0n) is 15.0. The second-order valence-corrected chi connectivity index (χ2v) is 7.06. The lowest BCUT2D eigenvalue weighted by Crippen LogP contribution is -2.23. The lowest BCUT2D eigenvalue weighted by atomic mass is 9.86. The number of aromatic amines is 1. The molecule has 3 aromatic rings. The molecule has 0 spiro atoms. The predicted octanol–water partition coefficient (Wildman–Crippen LogP) is 4.49. The predicted molar refractivity (Wildman–Crippen MR) is 109 cm³/mol. The number of carbonyl (C=O) groups excluding carboxylic acids is 2. The van der Waals surface area contributed by atoms with Crippen LogP contribution in [0.25, 0.3) is 0 Å². The molecule has 3 amide bonds. The van der Waals surface area contributed by atoms with Crippen molar-refractivity contribution in [1.82, 2.24) is 10.2 Å². The number of fused-ring (bicyclic) bond motifs is 1. The van der Waals surface area contributed by atoms with E-state index in [9.17, 15) is 9.59 Å². The van der Waals surface area contributed by atoms with Crippen LogP contribution >= 0.6 is 11.6 Å². The normalized spacial score (nSPS) is 15.5. The van der Waals surface area contributed by atoms with Gasteiger partial charge in [0.2, 0.25) is 5.91 Å². The van der Waals surface area contributed by atoms with E-state index in [1.165, 1.54) is 0 Å². The summed E-state index contributed by atoms with van der Waals surface area (Å²) in [5.41, 5.74) is 4.17. The van der Waals surface area contributed by atoms with Gasteiger partial charge in [0.25, 0.3) is 0 Å². The maximum absolute atomic E-state index is 12.2. The monoisotopic (exact) mass is 395 g/mol. The van der Waals surface area contributed by atoms with Gasteiger partial charge in [0.15, 0.2) is 5.82 Å². The molecule has 1 aliphatic heterocycles. The minimum absolute atomic E-state index is 0.0629. The summed E-state index contributed by atoms with van der Waals surface area (Å²) < 4.78 is 0. The molecule has 7 nitrogen and oxygen atoms in total. The van der Waals surface area contributed by atoms with Crippen molar-refractivity contribution in [2.75, 3.05) is 16.0 Å². The first-order chi connectivity index (χ1) is 13.5. The zero-order valence-corrected chi connectivity index (χ0v) is 15.8. The van der Waals surface area contributed by atoms with Crippen molar-refractivity contribution >= 4 is 40.7 Å². The van der Waals surface area contributed by atoms with E-state index in [1.54, 1.807) is 24.3 Å². The van der Waals surface area contributed by atoms with Crippen molar-refractivity contribution in [3.63, 3.8) is 0 Å². The van der Waals surface area contributed by atoms with Crippen LogP contribution in [0.4, 0.5) is 22.0 Å². The molecule has 1 unspecified atom stereocenters. The largest absolute Gasteiger partial charge is 0.323 e. The SMILES string of the molecule is Cc1[nH]nc2c1C(c1ccc(NC(=O)Nc3cccc(Cl)c3)cc1)CC(=O)N2. The highest BCUT2D eigenvalue weighted by Crippen LogP contribution is 2.38. The number of anilines is 3. The first-order valence-electron chi connectivity index (χ1n) is 8.78. The minimum atomic E-state index is -0.361. The van der Waals surface area contributed by atoms with E-state index in [1.807, 2.05) is 31.2 Å². The van der Waals surface area contributed by atoms with E-state index in [2.05, 4.69) is 26.1 Å². The Bertz CT molecular complexity index is 1050. The van der Waals surface area contributed by atoms with Gasteiger partial charge in [0.1, 0.15) is 0 Å². The molecule has 0 saturated carbocycles. The summed E-state index contributed by atoms with van der Waals surface area (Å²) >= 11 is 5.92. The number of halogens is 1. The van der Waals surface area contributed by atoms with Gasteiger partial charge in [-0.25, -0.2) is 4.79 Å². The van der Waals surface area contributed by atoms with Crippen LogP contribution in [0.1, 0.15) is 29.2 Å². The van der Waals surface area contributed by atoms with Gasteiger partial charge in [-0.15, -0.1) is 0 Å². The Morgan fingerprint density at radius 2 is 1.89 bits per heavy atom. The summed E-state index contributed by atoms with van der Waals surface area (Å²) in [6.45, 7) is 1.94. The number of aryl methyl sites for hydroxylation is 1. The molecule has 0 fully saturated rings. The zero-order chi connectivity index (χ0) is 19.7. The second kappa shape index (κ2) is 7.36. The van der Waals surface area contributed by atoms with Gasteiger partial charge in [0.05, 0.1) is 0 Å². The third-order valence-electron chi connectivity index (χ3n) is 4.64. The van der Waals surface area contributed by atoms with Gasteiger partial charge in [-0.3, -0.25) is 9.89 Å². The Hall–Kier alpha value is -3.32. The average Bonchev–Trinajstić information content (AvgIpc) is 3.02. The molecule has 0 bridgehead atoms. The van der Waals surface area contributed by atoms with Crippen LogP contribution in [0.2, 0.25) is 5.02 Å². The Morgan fingerprint density at radius 3 is 2.64 bits per heavy atom. The molecule has 2 aromatic carbocycles. The van der Waals surface area contributed by atoms with Gasteiger partial charge >= 0.3 is 6.03 Å². The van der Waals surface area contributed by atoms with Crippen LogP contribution in [0.3, 0.4) is 0 Å². The molecule has 1 aromatic heterocycles. The number of aromatic nitrogens is 2. The lowest BCUT2D eigenvalue weighted by Gasteiger charge is -2.23. The van der Waals surface area contributed by atoms with Gasteiger partial charge < -0.3 is 16.0 Å². The molecule has 1 atom stereocenters. The van der Waals surface area contributed by atoms with Crippen molar-refractivity contribution in [3.8, 4) is 0 Å². The standard InChI is InChI=1S/C20H18ClN5O2/c1-11-18-16(10-17(27)24-19(18)26-25-11)12-5-7-14(8-6-12)22-20(28)23-15-4-2-3-13(21)9-15/h2-9,16H,10H2,1H3,(H2,22,23,28)(H2,24,25,26,27). The topological polar surface area (TPSA) is 98.9 Å². The molecular weight excluding hydrogens is 378 g/mol. The van der Waals surface area contributed by atoms with Crippen LogP contribution in [-0.4, -0.2) is 22.1 Å². The van der Waals surface area contributed by atoms with E-state index in [4.69, 9.17) is 11.6 Å². The molecule has 1 aliphatic rings. The van der Waals surface area contributed by atoms with E-state index in [0.717, 1.165) is 16.8 Å². The number of nitrogens with zero attached hydrogens (tertiary/aromatic N) is 1. The first-order valence-corrected chi connectivity index (χ1v) is 9.15. The van der Waals surface area contributed by atoms with Crippen molar-refractivity contribution in [2.24, 2.45) is 0 Å². The van der Waals surface area contributed by atoms with Crippen molar-refractivity contribution in [2.45, 2.75) is 19.3 Å². The molecule has 0 aliphatic carbocycles. The maximum atomic E-state index is 12.2. The number of benzene rings is 2. The summed E-state index contributed by atoms with van der Waals surface area (Å²) in [7, 11) is 0. The van der Waals surface area contributed by atoms with E-state index in [0.29, 0.717) is 28.6 Å². The van der Waals surface area contributed by atoms with E-state index < -0.39 is 0 Å². The molecule has 0 saturated heterocycles. The molecule has 28 heavy (non-hydrogen) atoms. The number of hydrogen-bond donors (Lipinski definition) is 4. The van der Waals surface area contributed by atoms with Gasteiger partial charge in [0, 0.05) is 40.0 Å². The third-order valence-corrected chi connectivity index (χ3v) is 4.88. The average molecular weight is 396 g/mol. The fourth-order valence-electron chi connectivity index (χ4n) is 3.37. The highest BCUT2D eigenvalue weighted by atomic mass is 35.5. The van der Waals surface area contributed by atoms with Crippen LogP contribution in [0.5, 0.6) is 0 Å². The number of amides is 3. The summed E-state index contributed by atoms with van der Waals surface area (Å²) in [5.74, 6) is 0.450. The summed E-state index contributed by atoms with van der Waals surface area (Å²) in [6, 6.07) is 14.0. The van der Waals surface area contributed by atoms with Crippen molar-refractivity contribution < 1.29 is 9.59 Å².